The number of aromatic nitrogens is 1. The molecule has 0 aliphatic carbocycles. The highest BCUT2D eigenvalue weighted by molar-refractivity contribution is 7.16. The molecule has 2 N–H and O–H groups in total. The number of fused-ring (bicyclic) bond motifs is 1. The van der Waals surface area contributed by atoms with Crippen LogP contribution >= 0.6 is 11.3 Å². The van der Waals surface area contributed by atoms with E-state index in [-0.39, 0.29) is 0 Å². The van der Waals surface area contributed by atoms with Crippen LogP contribution in [-0.2, 0) is 6.42 Å². The van der Waals surface area contributed by atoms with Crippen LogP contribution in [0.25, 0.3) is 10.2 Å². The van der Waals surface area contributed by atoms with Gasteiger partial charge < -0.3 is 5.73 Å². The summed E-state index contributed by atoms with van der Waals surface area (Å²) in [4.78, 5) is 4.28. The molecule has 0 saturated carbocycles. The molecule has 0 aliphatic rings. The van der Waals surface area contributed by atoms with Crippen LogP contribution in [0.3, 0.4) is 0 Å². The molecule has 0 atom stereocenters. The van der Waals surface area contributed by atoms with Crippen molar-refractivity contribution >= 4 is 21.6 Å². The van der Waals surface area contributed by atoms with Crippen molar-refractivity contribution in [3.8, 4) is 0 Å². The van der Waals surface area contributed by atoms with Gasteiger partial charge >= 0.3 is 0 Å². The van der Waals surface area contributed by atoms with E-state index >= 15 is 0 Å². The Morgan fingerprint density at radius 3 is 3.08 bits per heavy atom. The van der Waals surface area contributed by atoms with Gasteiger partial charge in [-0.05, 0) is 43.1 Å². The molecule has 0 saturated heterocycles. The van der Waals surface area contributed by atoms with E-state index in [1.807, 2.05) is 5.51 Å². The van der Waals surface area contributed by atoms with Gasteiger partial charge in [0.15, 0.2) is 0 Å². The van der Waals surface area contributed by atoms with Crippen LogP contribution in [0.2, 0.25) is 0 Å². The molecule has 2 rings (SSSR count). The summed E-state index contributed by atoms with van der Waals surface area (Å²) in [5.41, 5.74) is 11.2. The summed E-state index contributed by atoms with van der Waals surface area (Å²) in [6.45, 7) is 2.83. The van der Waals surface area contributed by atoms with Crippen molar-refractivity contribution in [3.63, 3.8) is 0 Å². The molecule has 0 aliphatic heterocycles. The molecule has 1 aromatic carbocycles. The number of hydrogen-bond acceptors (Lipinski definition) is 3. The Morgan fingerprint density at radius 2 is 2.31 bits per heavy atom. The van der Waals surface area contributed by atoms with E-state index in [9.17, 15) is 0 Å². The van der Waals surface area contributed by atoms with Crippen molar-refractivity contribution in [2.45, 2.75) is 13.3 Å². The average molecular weight is 192 g/mol. The molecule has 2 nitrogen and oxygen atoms in total. The van der Waals surface area contributed by atoms with Gasteiger partial charge in [-0.1, -0.05) is 0 Å². The highest BCUT2D eigenvalue weighted by Crippen LogP contribution is 2.22. The smallest absolute Gasteiger partial charge is 0.0814 e. The zero-order chi connectivity index (χ0) is 9.26. The molecular formula is C10H12N2S. The summed E-state index contributed by atoms with van der Waals surface area (Å²) in [7, 11) is 0. The maximum Gasteiger partial charge on any atom is 0.0814 e. The van der Waals surface area contributed by atoms with E-state index in [4.69, 9.17) is 5.73 Å². The van der Waals surface area contributed by atoms with Gasteiger partial charge in [0, 0.05) is 0 Å². The number of hydrogen-bond donors (Lipinski definition) is 1. The predicted octanol–water partition coefficient (Wildman–Crippen LogP) is 2.11. The Bertz CT molecular complexity index is 420. The molecule has 68 valence electrons. The van der Waals surface area contributed by atoms with Gasteiger partial charge in [0.1, 0.15) is 0 Å². The lowest BCUT2D eigenvalue weighted by molar-refractivity contribution is 0.960. The quantitative estimate of drug-likeness (QED) is 0.791. The van der Waals surface area contributed by atoms with E-state index in [0.717, 1.165) is 11.9 Å². The predicted molar refractivity (Wildman–Crippen MR) is 57.1 cm³/mol. The fourth-order valence-corrected chi connectivity index (χ4v) is 2.23. The third-order valence-electron chi connectivity index (χ3n) is 2.20. The van der Waals surface area contributed by atoms with E-state index in [2.05, 4.69) is 24.0 Å². The first-order chi connectivity index (χ1) is 6.31. The minimum atomic E-state index is 0.705. The van der Waals surface area contributed by atoms with E-state index in [1.54, 1.807) is 11.3 Å². The number of thiazole rings is 1. The molecule has 0 amide bonds. The molecular weight excluding hydrogens is 180 g/mol. The summed E-state index contributed by atoms with van der Waals surface area (Å²) in [6, 6.07) is 4.34. The summed E-state index contributed by atoms with van der Waals surface area (Å²) in [5.74, 6) is 0. The second kappa shape index (κ2) is 3.44. The van der Waals surface area contributed by atoms with Crippen molar-refractivity contribution in [2.75, 3.05) is 6.54 Å². The summed E-state index contributed by atoms with van der Waals surface area (Å²) >= 11 is 1.69. The minimum Gasteiger partial charge on any atom is -0.330 e. The standard InChI is InChI=1S/C10H12N2S/c1-7-4-10-9(12-6-13-10)5-8(7)2-3-11/h4-6H,2-3,11H2,1H3. The molecule has 0 bridgehead atoms. The van der Waals surface area contributed by atoms with Gasteiger partial charge in [-0.3, -0.25) is 0 Å². The molecule has 0 spiro atoms. The molecule has 1 heterocycles. The normalized spacial score (nSPS) is 10.9. The topological polar surface area (TPSA) is 38.9 Å². The van der Waals surface area contributed by atoms with E-state index in [0.29, 0.717) is 6.54 Å². The Morgan fingerprint density at radius 1 is 1.46 bits per heavy atom. The molecule has 2 aromatic rings. The number of rotatable bonds is 2. The summed E-state index contributed by atoms with van der Waals surface area (Å²) in [6.07, 6.45) is 0.944. The highest BCUT2D eigenvalue weighted by Gasteiger charge is 2.02. The second-order valence-corrected chi connectivity index (χ2v) is 4.02. The molecule has 0 radical (unpaired) electrons. The van der Waals surface area contributed by atoms with Gasteiger partial charge in [-0.2, -0.15) is 0 Å². The van der Waals surface area contributed by atoms with Crippen molar-refractivity contribution in [1.82, 2.24) is 4.98 Å². The van der Waals surface area contributed by atoms with Crippen molar-refractivity contribution < 1.29 is 0 Å². The Kier molecular flexibility index (Phi) is 2.29. The highest BCUT2D eigenvalue weighted by atomic mass is 32.1. The largest absolute Gasteiger partial charge is 0.330 e. The molecule has 1 aromatic heterocycles. The fraction of sp³-hybridized carbons (Fsp3) is 0.300. The third kappa shape index (κ3) is 1.57. The average Bonchev–Trinajstić information content (AvgIpc) is 2.52. The number of benzene rings is 1. The van der Waals surface area contributed by atoms with Crippen molar-refractivity contribution in [1.29, 1.82) is 0 Å². The maximum atomic E-state index is 5.53. The van der Waals surface area contributed by atoms with Crippen LogP contribution in [-0.4, -0.2) is 11.5 Å². The summed E-state index contributed by atoms with van der Waals surface area (Å²) < 4.78 is 1.26. The van der Waals surface area contributed by atoms with E-state index in [1.165, 1.54) is 15.8 Å². The van der Waals surface area contributed by atoms with Gasteiger partial charge in [0.25, 0.3) is 0 Å². The van der Waals surface area contributed by atoms with Gasteiger partial charge in [-0.15, -0.1) is 11.3 Å². The van der Waals surface area contributed by atoms with Gasteiger partial charge in [0.05, 0.1) is 15.7 Å². The molecule has 0 fully saturated rings. The second-order valence-electron chi connectivity index (χ2n) is 3.14. The third-order valence-corrected chi connectivity index (χ3v) is 2.99. The van der Waals surface area contributed by atoms with Crippen LogP contribution in [0.15, 0.2) is 17.6 Å². The number of nitrogens with zero attached hydrogens (tertiary/aromatic N) is 1. The number of aryl methyl sites for hydroxylation is 1. The lowest BCUT2D eigenvalue weighted by Gasteiger charge is -2.03. The zero-order valence-corrected chi connectivity index (χ0v) is 8.40. The lowest BCUT2D eigenvalue weighted by Crippen LogP contribution is -2.03. The first kappa shape index (κ1) is 8.66. The number of nitrogens with two attached hydrogens (primary N) is 1. The monoisotopic (exact) mass is 192 g/mol. The van der Waals surface area contributed by atoms with Crippen LogP contribution in [0.1, 0.15) is 11.1 Å². The molecule has 3 heteroatoms. The van der Waals surface area contributed by atoms with Crippen molar-refractivity contribution in [3.05, 3.63) is 28.8 Å². The molecule has 13 heavy (non-hydrogen) atoms. The lowest BCUT2D eigenvalue weighted by atomic mass is 10.1. The first-order valence-corrected chi connectivity index (χ1v) is 5.22. The zero-order valence-electron chi connectivity index (χ0n) is 7.58. The Balaban J connectivity index is 2.56. The van der Waals surface area contributed by atoms with Crippen LogP contribution < -0.4 is 5.73 Å². The van der Waals surface area contributed by atoms with Gasteiger partial charge in [-0.25, -0.2) is 4.98 Å². The van der Waals surface area contributed by atoms with E-state index < -0.39 is 0 Å². The van der Waals surface area contributed by atoms with Gasteiger partial charge in [0.2, 0.25) is 0 Å². The van der Waals surface area contributed by atoms with Crippen LogP contribution in [0.4, 0.5) is 0 Å². The van der Waals surface area contributed by atoms with Crippen molar-refractivity contribution in [2.24, 2.45) is 5.73 Å². The van der Waals surface area contributed by atoms with Crippen LogP contribution in [0, 0.1) is 6.92 Å². The maximum absolute atomic E-state index is 5.53. The fourth-order valence-electron chi connectivity index (χ4n) is 1.47. The minimum absolute atomic E-state index is 0.705. The Labute approximate surface area is 81.4 Å². The summed E-state index contributed by atoms with van der Waals surface area (Å²) in [5, 5.41) is 0. The Hall–Kier alpha value is -0.930. The SMILES string of the molecule is Cc1cc2scnc2cc1CCN. The first-order valence-electron chi connectivity index (χ1n) is 4.34. The van der Waals surface area contributed by atoms with Crippen LogP contribution in [0.5, 0.6) is 0 Å². The molecule has 0 unspecified atom stereocenters.